The highest BCUT2D eigenvalue weighted by Crippen LogP contribution is 2.40. The van der Waals surface area contributed by atoms with Crippen molar-refractivity contribution in [1.82, 2.24) is 4.98 Å². The largest absolute Gasteiger partial charge is 0.324 e. The SMILES string of the molecule is Cc1nc(F)c(Br)cc1C(N)C1CC1. The van der Waals surface area contributed by atoms with Crippen molar-refractivity contribution in [1.29, 1.82) is 0 Å². The molecule has 0 spiro atoms. The maximum absolute atomic E-state index is 13.0. The normalized spacial score (nSPS) is 18.3. The number of nitrogens with two attached hydrogens (primary N) is 1. The Morgan fingerprint density at radius 3 is 2.86 bits per heavy atom. The van der Waals surface area contributed by atoms with Gasteiger partial charge in [-0.2, -0.15) is 4.39 Å². The number of pyridine rings is 1. The van der Waals surface area contributed by atoms with E-state index >= 15 is 0 Å². The zero-order valence-corrected chi connectivity index (χ0v) is 9.51. The Morgan fingerprint density at radius 1 is 1.64 bits per heavy atom. The molecule has 0 bridgehead atoms. The molecule has 1 aliphatic rings. The minimum absolute atomic E-state index is 0.0133. The molecule has 0 saturated heterocycles. The molecule has 1 heterocycles. The van der Waals surface area contributed by atoms with Crippen molar-refractivity contribution < 1.29 is 4.39 Å². The van der Waals surface area contributed by atoms with E-state index in [0.717, 1.165) is 5.56 Å². The summed E-state index contributed by atoms with van der Waals surface area (Å²) >= 11 is 3.12. The predicted octanol–water partition coefficient (Wildman–Crippen LogP) is 2.70. The number of aromatic nitrogens is 1. The molecule has 1 aromatic rings. The zero-order valence-electron chi connectivity index (χ0n) is 7.93. The van der Waals surface area contributed by atoms with Crippen molar-refractivity contribution in [2.45, 2.75) is 25.8 Å². The first-order valence-electron chi connectivity index (χ1n) is 4.67. The van der Waals surface area contributed by atoms with Gasteiger partial charge in [0.1, 0.15) is 0 Å². The first kappa shape index (κ1) is 10.1. The zero-order chi connectivity index (χ0) is 10.3. The Bertz CT molecular complexity index is 363. The molecule has 1 fully saturated rings. The Hall–Kier alpha value is -0.480. The van der Waals surface area contributed by atoms with Crippen LogP contribution in [0.2, 0.25) is 0 Å². The van der Waals surface area contributed by atoms with E-state index in [2.05, 4.69) is 20.9 Å². The van der Waals surface area contributed by atoms with Crippen LogP contribution in [0.4, 0.5) is 4.39 Å². The first-order valence-corrected chi connectivity index (χ1v) is 5.47. The monoisotopic (exact) mass is 258 g/mol. The number of hydrogen-bond donors (Lipinski definition) is 1. The van der Waals surface area contributed by atoms with Gasteiger partial charge in [0.2, 0.25) is 5.95 Å². The van der Waals surface area contributed by atoms with E-state index in [-0.39, 0.29) is 6.04 Å². The van der Waals surface area contributed by atoms with Crippen LogP contribution in [0.3, 0.4) is 0 Å². The summed E-state index contributed by atoms with van der Waals surface area (Å²) in [6, 6.07) is 1.76. The maximum Gasteiger partial charge on any atom is 0.227 e. The molecular weight excluding hydrogens is 247 g/mol. The van der Waals surface area contributed by atoms with E-state index in [0.29, 0.717) is 16.1 Å². The second kappa shape index (κ2) is 3.59. The van der Waals surface area contributed by atoms with Crippen molar-refractivity contribution in [3.8, 4) is 0 Å². The minimum atomic E-state index is -0.464. The molecule has 1 saturated carbocycles. The lowest BCUT2D eigenvalue weighted by Gasteiger charge is -2.13. The van der Waals surface area contributed by atoms with E-state index in [9.17, 15) is 4.39 Å². The summed E-state index contributed by atoms with van der Waals surface area (Å²) in [6.07, 6.45) is 2.35. The second-order valence-corrected chi connectivity index (χ2v) is 4.65. The molecular formula is C10H12BrFN2. The molecule has 76 valence electrons. The van der Waals surface area contributed by atoms with Gasteiger partial charge in [-0.15, -0.1) is 0 Å². The van der Waals surface area contributed by atoms with Crippen LogP contribution in [0.15, 0.2) is 10.5 Å². The van der Waals surface area contributed by atoms with Crippen LogP contribution in [0, 0.1) is 18.8 Å². The molecule has 2 N–H and O–H groups in total. The van der Waals surface area contributed by atoms with Crippen LogP contribution in [-0.2, 0) is 0 Å². The fourth-order valence-electron chi connectivity index (χ4n) is 1.61. The molecule has 14 heavy (non-hydrogen) atoms. The third kappa shape index (κ3) is 1.81. The van der Waals surface area contributed by atoms with Gasteiger partial charge in [0.05, 0.1) is 4.47 Å². The number of rotatable bonds is 2. The lowest BCUT2D eigenvalue weighted by molar-refractivity contribution is 0.560. The van der Waals surface area contributed by atoms with Gasteiger partial charge in [-0.05, 0) is 53.2 Å². The Balaban J connectivity index is 2.36. The van der Waals surface area contributed by atoms with Gasteiger partial charge in [-0.1, -0.05) is 0 Å². The Morgan fingerprint density at radius 2 is 2.29 bits per heavy atom. The Labute approximate surface area is 90.8 Å². The summed E-state index contributed by atoms with van der Waals surface area (Å²) in [4.78, 5) is 3.81. The summed E-state index contributed by atoms with van der Waals surface area (Å²) in [5.41, 5.74) is 7.70. The Kier molecular flexibility index (Phi) is 2.58. The predicted molar refractivity (Wildman–Crippen MR) is 56.3 cm³/mol. The van der Waals surface area contributed by atoms with Gasteiger partial charge in [0.25, 0.3) is 0 Å². The fraction of sp³-hybridized carbons (Fsp3) is 0.500. The second-order valence-electron chi connectivity index (χ2n) is 3.80. The van der Waals surface area contributed by atoms with Gasteiger partial charge in [-0.25, -0.2) is 4.98 Å². The van der Waals surface area contributed by atoms with Crippen LogP contribution in [0.25, 0.3) is 0 Å². The van der Waals surface area contributed by atoms with E-state index in [4.69, 9.17) is 5.73 Å². The number of hydrogen-bond acceptors (Lipinski definition) is 2. The standard InChI is InChI=1S/C10H12BrFN2/c1-5-7(9(13)6-2-3-6)4-8(11)10(12)14-5/h4,6,9H,2-3,13H2,1H3. The third-order valence-corrected chi connectivity index (χ3v) is 3.21. The van der Waals surface area contributed by atoms with Gasteiger partial charge < -0.3 is 5.73 Å². The molecule has 0 aliphatic heterocycles. The maximum atomic E-state index is 13.0. The van der Waals surface area contributed by atoms with Crippen LogP contribution < -0.4 is 5.73 Å². The fourth-order valence-corrected chi connectivity index (χ4v) is 1.95. The van der Waals surface area contributed by atoms with Crippen LogP contribution in [0.5, 0.6) is 0 Å². The number of nitrogens with zero attached hydrogens (tertiary/aromatic N) is 1. The van der Waals surface area contributed by atoms with Gasteiger partial charge in [-0.3, -0.25) is 0 Å². The lowest BCUT2D eigenvalue weighted by Crippen LogP contribution is -2.15. The van der Waals surface area contributed by atoms with E-state index < -0.39 is 5.95 Å². The van der Waals surface area contributed by atoms with Gasteiger partial charge in [0, 0.05) is 11.7 Å². The number of halogens is 2. The van der Waals surface area contributed by atoms with E-state index in [1.54, 1.807) is 13.0 Å². The molecule has 4 heteroatoms. The topological polar surface area (TPSA) is 38.9 Å². The van der Waals surface area contributed by atoms with Crippen molar-refractivity contribution in [3.63, 3.8) is 0 Å². The summed E-state index contributed by atoms with van der Waals surface area (Å²) in [6.45, 7) is 1.80. The molecule has 0 aromatic carbocycles. The van der Waals surface area contributed by atoms with Crippen molar-refractivity contribution >= 4 is 15.9 Å². The highest BCUT2D eigenvalue weighted by Gasteiger charge is 2.31. The molecule has 2 nitrogen and oxygen atoms in total. The van der Waals surface area contributed by atoms with Gasteiger partial charge in [0.15, 0.2) is 0 Å². The summed E-state index contributed by atoms with van der Waals surface area (Å²) in [5, 5.41) is 0. The molecule has 2 rings (SSSR count). The average Bonchev–Trinajstić information content (AvgIpc) is 2.93. The third-order valence-electron chi connectivity index (χ3n) is 2.65. The summed E-state index contributed by atoms with van der Waals surface area (Å²) in [7, 11) is 0. The summed E-state index contributed by atoms with van der Waals surface area (Å²) < 4.78 is 13.4. The van der Waals surface area contributed by atoms with Crippen molar-refractivity contribution in [2.75, 3.05) is 0 Å². The molecule has 0 radical (unpaired) electrons. The van der Waals surface area contributed by atoms with Crippen molar-refractivity contribution in [3.05, 3.63) is 27.7 Å². The summed E-state index contributed by atoms with van der Waals surface area (Å²) in [5.74, 6) is 0.0992. The molecule has 1 unspecified atom stereocenters. The highest BCUT2D eigenvalue weighted by molar-refractivity contribution is 9.10. The molecule has 1 aliphatic carbocycles. The molecule has 0 amide bonds. The molecule has 1 aromatic heterocycles. The minimum Gasteiger partial charge on any atom is -0.324 e. The quantitative estimate of drug-likeness (QED) is 0.829. The first-order chi connectivity index (χ1) is 6.59. The van der Waals surface area contributed by atoms with Crippen LogP contribution in [-0.4, -0.2) is 4.98 Å². The smallest absolute Gasteiger partial charge is 0.227 e. The van der Waals surface area contributed by atoms with Crippen LogP contribution in [0.1, 0.15) is 30.1 Å². The highest BCUT2D eigenvalue weighted by atomic mass is 79.9. The van der Waals surface area contributed by atoms with Crippen LogP contribution >= 0.6 is 15.9 Å². The van der Waals surface area contributed by atoms with Gasteiger partial charge >= 0.3 is 0 Å². The van der Waals surface area contributed by atoms with E-state index in [1.165, 1.54) is 12.8 Å². The average molecular weight is 259 g/mol. The van der Waals surface area contributed by atoms with Crippen molar-refractivity contribution in [2.24, 2.45) is 11.7 Å². The number of aryl methyl sites for hydroxylation is 1. The lowest BCUT2D eigenvalue weighted by atomic mass is 10.0. The van der Waals surface area contributed by atoms with E-state index in [1.807, 2.05) is 0 Å². The molecule has 1 atom stereocenters.